The molecule has 1 fully saturated rings. The lowest BCUT2D eigenvalue weighted by molar-refractivity contribution is -0.137. The van der Waals surface area contributed by atoms with Gasteiger partial charge in [0, 0.05) is 41.7 Å². The number of carbonyl (C=O) groups excluding carboxylic acids is 1. The van der Waals surface area contributed by atoms with Gasteiger partial charge in [0.05, 0.1) is 36.9 Å². The molecule has 4 aromatic rings. The predicted octanol–water partition coefficient (Wildman–Crippen LogP) is 6.27. The Balaban J connectivity index is 1.29. The van der Waals surface area contributed by atoms with E-state index in [9.17, 15) is 27.9 Å². The fourth-order valence-electron chi connectivity index (χ4n) is 5.06. The molecule has 3 aromatic carbocycles. The first-order chi connectivity index (χ1) is 20.6. The van der Waals surface area contributed by atoms with Gasteiger partial charge in [-0.25, -0.2) is 14.8 Å². The van der Waals surface area contributed by atoms with E-state index < -0.39 is 17.8 Å². The maximum Gasteiger partial charge on any atom is 0.416 e. The van der Waals surface area contributed by atoms with Crippen LogP contribution in [-0.4, -0.2) is 58.8 Å². The van der Waals surface area contributed by atoms with E-state index in [1.54, 1.807) is 36.4 Å². The largest absolute Gasteiger partial charge is 0.493 e. The minimum atomic E-state index is -4.43. The Kier molecular flexibility index (Phi) is 8.65. The van der Waals surface area contributed by atoms with E-state index in [4.69, 9.17) is 9.47 Å². The third kappa shape index (κ3) is 7.14. The number of rotatable bonds is 8. The van der Waals surface area contributed by atoms with Crippen molar-refractivity contribution in [2.45, 2.75) is 25.4 Å². The summed E-state index contributed by atoms with van der Waals surface area (Å²) in [5, 5.41) is 12.8. The molecule has 5 rings (SSSR count). The number of piperidine rings is 1. The van der Waals surface area contributed by atoms with Gasteiger partial charge in [0.2, 0.25) is 5.91 Å². The van der Waals surface area contributed by atoms with Crippen LogP contribution in [0.1, 0.15) is 24.0 Å². The molecular formula is C31H29F3N4O5. The lowest BCUT2D eigenvalue weighted by atomic mass is 9.99. The molecule has 1 aliphatic rings. The van der Waals surface area contributed by atoms with Crippen LogP contribution in [0.25, 0.3) is 22.2 Å². The zero-order valence-corrected chi connectivity index (χ0v) is 23.2. The number of fused-ring (bicyclic) bond motifs is 1. The Bertz CT molecular complexity index is 1610. The van der Waals surface area contributed by atoms with Crippen molar-refractivity contribution < 1.29 is 37.3 Å². The topological polar surface area (TPSA) is 114 Å². The Morgan fingerprint density at radius 2 is 1.79 bits per heavy atom. The molecule has 1 saturated heterocycles. The number of nitrogens with zero attached hydrogens (tertiary/aromatic N) is 3. The fourth-order valence-corrected chi connectivity index (χ4v) is 5.06. The van der Waals surface area contributed by atoms with Gasteiger partial charge in [-0.1, -0.05) is 24.3 Å². The van der Waals surface area contributed by atoms with E-state index >= 15 is 0 Å². The fraction of sp³-hybridized carbons (Fsp3) is 0.290. The number of hydrogen-bond acceptors (Lipinski definition) is 6. The highest BCUT2D eigenvalue weighted by Gasteiger charge is 2.30. The number of aromatic nitrogens is 2. The molecule has 0 bridgehead atoms. The Morgan fingerprint density at radius 1 is 1.05 bits per heavy atom. The summed E-state index contributed by atoms with van der Waals surface area (Å²) in [5.74, 6) is 0.678. The van der Waals surface area contributed by atoms with Crippen LogP contribution < -0.4 is 14.8 Å². The third-order valence-corrected chi connectivity index (χ3v) is 7.27. The van der Waals surface area contributed by atoms with E-state index in [-0.39, 0.29) is 18.2 Å². The van der Waals surface area contributed by atoms with Crippen molar-refractivity contribution >= 4 is 28.6 Å². The quantitative estimate of drug-likeness (QED) is 0.247. The smallest absolute Gasteiger partial charge is 0.416 e. The molecule has 43 heavy (non-hydrogen) atoms. The van der Waals surface area contributed by atoms with Crippen molar-refractivity contribution in [1.82, 2.24) is 14.9 Å². The Hall–Kier alpha value is -4.87. The summed E-state index contributed by atoms with van der Waals surface area (Å²) in [7, 11) is 1.54. The first-order valence-electron chi connectivity index (χ1n) is 13.6. The second kappa shape index (κ2) is 12.6. The number of halogens is 3. The molecule has 12 heteroatoms. The first-order valence-corrected chi connectivity index (χ1v) is 13.6. The monoisotopic (exact) mass is 594 g/mol. The highest BCUT2D eigenvalue weighted by molar-refractivity contribution is 5.95. The number of amides is 2. The highest BCUT2D eigenvalue weighted by atomic mass is 19.4. The second-order valence-corrected chi connectivity index (χ2v) is 10.3. The van der Waals surface area contributed by atoms with E-state index in [2.05, 4.69) is 15.3 Å². The van der Waals surface area contributed by atoms with Crippen molar-refractivity contribution in [3.8, 4) is 22.8 Å². The van der Waals surface area contributed by atoms with Crippen LogP contribution in [0.5, 0.6) is 11.5 Å². The average molecular weight is 595 g/mol. The van der Waals surface area contributed by atoms with Crippen LogP contribution in [0, 0.1) is 5.92 Å². The van der Waals surface area contributed by atoms with Crippen LogP contribution in [-0.2, 0) is 17.4 Å². The zero-order valence-electron chi connectivity index (χ0n) is 23.2. The van der Waals surface area contributed by atoms with Gasteiger partial charge in [-0.3, -0.25) is 4.79 Å². The van der Waals surface area contributed by atoms with E-state index in [0.29, 0.717) is 59.0 Å². The van der Waals surface area contributed by atoms with E-state index in [1.807, 2.05) is 0 Å². The minimum Gasteiger partial charge on any atom is -0.493 e. The van der Waals surface area contributed by atoms with Gasteiger partial charge in [0.1, 0.15) is 6.33 Å². The molecule has 2 heterocycles. The number of hydrogen-bond donors (Lipinski definition) is 2. The van der Waals surface area contributed by atoms with Crippen molar-refractivity contribution in [1.29, 1.82) is 0 Å². The lowest BCUT2D eigenvalue weighted by Gasteiger charge is -2.30. The van der Waals surface area contributed by atoms with Crippen molar-refractivity contribution in [3.05, 3.63) is 78.1 Å². The number of alkyl halides is 3. The van der Waals surface area contributed by atoms with Gasteiger partial charge in [-0.05, 0) is 48.7 Å². The van der Waals surface area contributed by atoms with Crippen LogP contribution in [0.15, 0.2) is 67.0 Å². The van der Waals surface area contributed by atoms with Gasteiger partial charge in [0.25, 0.3) is 0 Å². The molecular weight excluding hydrogens is 565 g/mol. The van der Waals surface area contributed by atoms with E-state index in [0.717, 1.165) is 30.5 Å². The molecule has 1 atom stereocenters. The van der Waals surface area contributed by atoms with Gasteiger partial charge in [-0.15, -0.1) is 0 Å². The summed E-state index contributed by atoms with van der Waals surface area (Å²) < 4.78 is 50.0. The maximum atomic E-state index is 12.8. The molecule has 9 nitrogen and oxygen atoms in total. The van der Waals surface area contributed by atoms with Gasteiger partial charge < -0.3 is 24.8 Å². The van der Waals surface area contributed by atoms with Crippen LogP contribution >= 0.6 is 0 Å². The number of likely N-dealkylation sites (tertiary alicyclic amines) is 1. The Labute approximate surface area is 245 Å². The highest BCUT2D eigenvalue weighted by Crippen LogP contribution is 2.36. The zero-order chi connectivity index (χ0) is 30.6. The van der Waals surface area contributed by atoms with Gasteiger partial charge >= 0.3 is 12.3 Å². The molecule has 1 unspecified atom stereocenters. The molecule has 0 aliphatic carbocycles. The standard InChI is InChI=1S/C31H29F3N4O5/c1-42-26-15-25-24(14-27(26)43-17-20-3-2-12-38(16-20)30(40)41)29(36-18-35-25)21-6-10-23(11-7-21)37-28(39)13-19-4-8-22(9-5-19)31(32,33)34/h4-11,14-15,18,20H,2-3,12-13,16-17H2,1H3,(H,37,39)(H,40,41). The predicted molar refractivity (Wildman–Crippen MR) is 153 cm³/mol. The molecule has 1 aliphatic heterocycles. The third-order valence-electron chi connectivity index (χ3n) is 7.27. The summed E-state index contributed by atoms with van der Waals surface area (Å²) in [6.07, 6.45) is -2.35. The number of carboxylic acid groups (broad SMARTS) is 1. The SMILES string of the molecule is COc1cc2ncnc(-c3ccc(NC(=O)Cc4ccc(C(F)(F)F)cc4)cc3)c2cc1OCC1CCCN(C(=O)O)C1. The molecule has 0 spiro atoms. The average Bonchev–Trinajstić information content (AvgIpc) is 2.99. The number of methoxy groups -OCH3 is 1. The molecule has 2 amide bonds. The number of ether oxygens (including phenoxy) is 2. The molecule has 0 radical (unpaired) electrons. The van der Waals surface area contributed by atoms with Crippen LogP contribution in [0.3, 0.4) is 0 Å². The number of nitrogens with one attached hydrogen (secondary N) is 1. The maximum absolute atomic E-state index is 12.8. The van der Waals surface area contributed by atoms with Gasteiger partial charge in [0.15, 0.2) is 11.5 Å². The molecule has 0 saturated carbocycles. The number of anilines is 1. The molecule has 2 N–H and O–H groups in total. The van der Waals surface area contributed by atoms with Crippen LogP contribution in [0.4, 0.5) is 23.7 Å². The van der Waals surface area contributed by atoms with Crippen LogP contribution in [0.2, 0.25) is 0 Å². The summed E-state index contributed by atoms with van der Waals surface area (Å²) >= 11 is 0. The number of carbonyl (C=O) groups is 2. The summed E-state index contributed by atoms with van der Waals surface area (Å²) in [5.41, 5.74) is 2.25. The van der Waals surface area contributed by atoms with Crippen molar-refractivity contribution in [2.75, 3.05) is 32.1 Å². The lowest BCUT2D eigenvalue weighted by Crippen LogP contribution is -2.40. The van der Waals surface area contributed by atoms with Gasteiger partial charge in [-0.2, -0.15) is 13.2 Å². The summed E-state index contributed by atoms with van der Waals surface area (Å²) in [4.78, 5) is 34.1. The van der Waals surface area contributed by atoms with E-state index in [1.165, 1.54) is 30.5 Å². The normalized spacial score (nSPS) is 15.3. The van der Waals surface area contributed by atoms with Crippen molar-refractivity contribution in [3.63, 3.8) is 0 Å². The molecule has 224 valence electrons. The summed E-state index contributed by atoms with van der Waals surface area (Å²) in [6.45, 7) is 1.26. The minimum absolute atomic E-state index is 0.0544. The summed E-state index contributed by atoms with van der Waals surface area (Å²) in [6, 6.07) is 15.1. The molecule has 1 aromatic heterocycles. The van der Waals surface area contributed by atoms with Crippen molar-refractivity contribution in [2.24, 2.45) is 5.92 Å². The first kappa shape index (κ1) is 29.6. The number of benzene rings is 3. The second-order valence-electron chi connectivity index (χ2n) is 10.3. The Morgan fingerprint density at radius 3 is 2.47 bits per heavy atom.